The molecule has 0 fully saturated rings. The standard InChI is InChI=1S/C9H17N5O2/c1-4(2)6(7(11)15)12-9-14-13-8(16-9)5(3)10/h4-6H,10H2,1-3H3,(H2,11,15)(H,12,14). The second-order valence-corrected chi connectivity index (χ2v) is 4.00. The van der Waals surface area contributed by atoms with Crippen LogP contribution in [0.3, 0.4) is 0 Å². The molecule has 0 saturated heterocycles. The zero-order chi connectivity index (χ0) is 12.3. The summed E-state index contributed by atoms with van der Waals surface area (Å²) >= 11 is 0. The lowest BCUT2D eigenvalue weighted by molar-refractivity contribution is -0.119. The third kappa shape index (κ3) is 2.93. The molecule has 1 amide bonds. The van der Waals surface area contributed by atoms with Crippen molar-refractivity contribution in [2.24, 2.45) is 17.4 Å². The van der Waals surface area contributed by atoms with E-state index < -0.39 is 11.9 Å². The number of nitrogens with two attached hydrogens (primary N) is 2. The number of nitrogens with one attached hydrogen (secondary N) is 1. The first kappa shape index (κ1) is 12.4. The number of hydrogen-bond acceptors (Lipinski definition) is 6. The molecule has 7 heteroatoms. The van der Waals surface area contributed by atoms with E-state index in [1.165, 1.54) is 0 Å². The molecule has 0 radical (unpaired) electrons. The highest BCUT2D eigenvalue weighted by atomic mass is 16.4. The zero-order valence-corrected chi connectivity index (χ0v) is 9.60. The van der Waals surface area contributed by atoms with Crippen LogP contribution in [-0.2, 0) is 4.79 Å². The Balaban J connectivity index is 2.74. The molecule has 0 aromatic carbocycles. The molecule has 0 saturated carbocycles. The minimum Gasteiger partial charge on any atom is -0.406 e. The second-order valence-electron chi connectivity index (χ2n) is 4.00. The molecular formula is C9H17N5O2. The highest BCUT2D eigenvalue weighted by Gasteiger charge is 2.22. The van der Waals surface area contributed by atoms with Crippen molar-refractivity contribution in [2.45, 2.75) is 32.9 Å². The van der Waals surface area contributed by atoms with Gasteiger partial charge < -0.3 is 21.2 Å². The van der Waals surface area contributed by atoms with E-state index in [9.17, 15) is 4.79 Å². The number of nitrogens with zero attached hydrogens (tertiary/aromatic N) is 2. The van der Waals surface area contributed by atoms with Gasteiger partial charge in [0.1, 0.15) is 6.04 Å². The van der Waals surface area contributed by atoms with E-state index in [4.69, 9.17) is 15.9 Å². The minimum atomic E-state index is -0.540. The summed E-state index contributed by atoms with van der Waals surface area (Å²) in [6.07, 6.45) is 0. The molecule has 7 nitrogen and oxygen atoms in total. The van der Waals surface area contributed by atoms with E-state index in [2.05, 4.69) is 15.5 Å². The summed E-state index contributed by atoms with van der Waals surface area (Å²) in [6, 6.07) is -0.722. The lowest BCUT2D eigenvalue weighted by atomic mass is 10.0. The van der Waals surface area contributed by atoms with Crippen molar-refractivity contribution in [2.75, 3.05) is 5.32 Å². The van der Waals surface area contributed by atoms with Crippen LogP contribution in [0.5, 0.6) is 0 Å². The fourth-order valence-corrected chi connectivity index (χ4v) is 1.18. The number of rotatable bonds is 5. The average molecular weight is 227 g/mol. The molecule has 1 aromatic heterocycles. The maximum atomic E-state index is 11.1. The molecule has 0 aliphatic rings. The van der Waals surface area contributed by atoms with Gasteiger partial charge in [-0.2, -0.15) is 0 Å². The monoisotopic (exact) mass is 227 g/mol. The predicted octanol–water partition coefficient (Wildman–Crippen LogP) is 0.0111. The number of carbonyl (C=O) groups excluding carboxylic acids is 1. The Hall–Kier alpha value is -1.63. The van der Waals surface area contributed by atoms with E-state index >= 15 is 0 Å². The van der Waals surface area contributed by atoms with Gasteiger partial charge in [-0.1, -0.05) is 18.9 Å². The van der Waals surface area contributed by atoms with Gasteiger partial charge in [-0.15, -0.1) is 5.10 Å². The summed E-state index contributed by atoms with van der Waals surface area (Å²) in [5.74, 6) is -0.117. The molecule has 90 valence electrons. The van der Waals surface area contributed by atoms with Crippen molar-refractivity contribution < 1.29 is 9.21 Å². The van der Waals surface area contributed by atoms with Gasteiger partial charge in [-0.05, 0) is 12.8 Å². The molecule has 0 aliphatic heterocycles. The molecule has 2 atom stereocenters. The van der Waals surface area contributed by atoms with E-state index in [1.54, 1.807) is 6.92 Å². The first-order valence-electron chi connectivity index (χ1n) is 5.06. The number of anilines is 1. The Morgan fingerprint density at radius 2 is 2.00 bits per heavy atom. The Morgan fingerprint density at radius 3 is 2.38 bits per heavy atom. The Bertz CT molecular complexity index is 361. The molecule has 2 unspecified atom stereocenters. The lowest BCUT2D eigenvalue weighted by Gasteiger charge is -2.16. The quantitative estimate of drug-likeness (QED) is 0.651. The molecule has 0 spiro atoms. The van der Waals surface area contributed by atoms with E-state index in [1.807, 2.05) is 13.8 Å². The second kappa shape index (κ2) is 4.93. The topological polar surface area (TPSA) is 120 Å². The first-order chi connectivity index (χ1) is 7.41. The Kier molecular flexibility index (Phi) is 3.83. The molecular weight excluding hydrogens is 210 g/mol. The van der Waals surface area contributed by atoms with Crippen LogP contribution in [0.25, 0.3) is 0 Å². The summed E-state index contributed by atoms with van der Waals surface area (Å²) in [4.78, 5) is 11.1. The highest BCUT2D eigenvalue weighted by Crippen LogP contribution is 2.14. The molecule has 0 bridgehead atoms. The highest BCUT2D eigenvalue weighted by molar-refractivity contribution is 5.82. The first-order valence-corrected chi connectivity index (χ1v) is 5.06. The molecule has 1 rings (SSSR count). The molecule has 1 heterocycles. The Labute approximate surface area is 93.6 Å². The molecule has 1 aromatic rings. The summed E-state index contributed by atoms with van der Waals surface area (Å²) < 4.78 is 5.21. The Morgan fingerprint density at radius 1 is 1.38 bits per heavy atom. The van der Waals surface area contributed by atoms with E-state index in [0.29, 0.717) is 5.89 Å². The van der Waals surface area contributed by atoms with Crippen LogP contribution in [0, 0.1) is 5.92 Å². The van der Waals surface area contributed by atoms with Crippen molar-refractivity contribution >= 4 is 11.9 Å². The fraction of sp³-hybridized carbons (Fsp3) is 0.667. The number of hydrogen-bond donors (Lipinski definition) is 3. The van der Waals surface area contributed by atoms with Crippen molar-refractivity contribution in [1.82, 2.24) is 10.2 Å². The zero-order valence-electron chi connectivity index (χ0n) is 9.60. The van der Waals surface area contributed by atoms with Crippen LogP contribution in [0.4, 0.5) is 6.01 Å². The smallest absolute Gasteiger partial charge is 0.316 e. The largest absolute Gasteiger partial charge is 0.406 e. The van der Waals surface area contributed by atoms with Crippen LogP contribution < -0.4 is 16.8 Å². The number of carbonyl (C=O) groups is 1. The van der Waals surface area contributed by atoms with Crippen molar-refractivity contribution in [3.8, 4) is 0 Å². The summed E-state index contributed by atoms with van der Waals surface area (Å²) in [5.41, 5.74) is 10.8. The third-order valence-electron chi connectivity index (χ3n) is 2.08. The van der Waals surface area contributed by atoms with E-state index in [-0.39, 0.29) is 18.0 Å². The minimum absolute atomic E-state index is 0.0307. The van der Waals surface area contributed by atoms with Crippen LogP contribution >= 0.6 is 0 Å². The van der Waals surface area contributed by atoms with Gasteiger partial charge in [0.05, 0.1) is 6.04 Å². The third-order valence-corrected chi connectivity index (χ3v) is 2.08. The van der Waals surface area contributed by atoms with Crippen molar-refractivity contribution in [1.29, 1.82) is 0 Å². The molecule has 16 heavy (non-hydrogen) atoms. The normalized spacial score (nSPS) is 14.8. The summed E-state index contributed by atoms with van der Waals surface area (Å²) in [7, 11) is 0. The maximum Gasteiger partial charge on any atom is 0.316 e. The number of amides is 1. The fourth-order valence-electron chi connectivity index (χ4n) is 1.18. The van der Waals surface area contributed by atoms with Gasteiger partial charge in [0, 0.05) is 0 Å². The van der Waals surface area contributed by atoms with Gasteiger partial charge >= 0.3 is 6.01 Å². The van der Waals surface area contributed by atoms with Gasteiger partial charge in [0.25, 0.3) is 0 Å². The van der Waals surface area contributed by atoms with Crippen molar-refractivity contribution in [3.05, 3.63) is 5.89 Å². The molecule has 0 aliphatic carbocycles. The number of aromatic nitrogens is 2. The average Bonchev–Trinajstić information content (AvgIpc) is 2.61. The van der Waals surface area contributed by atoms with Gasteiger partial charge in [-0.3, -0.25) is 4.79 Å². The van der Waals surface area contributed by atoms with Crippen molar-refractivity contribution in [3.63, 3.8) is 0 Å². The van der Waals surface area contributed by atoms with Crippen LogP contribution in [-0.4, -0.2) is 22.1 Å². The summed E-state index contributed by atoms with van der Waals surface area (Å²) in [5, 5.41) is 10.2. The van der Waals surface area contributed by atoms with Gasteiger partial charge in [0.15, 0.2) is 0 Å². The molecule has 5 N–H and O–H groups in total. The van der Waals surface area contributed by atoms with Crippen LogP contribution in [0.15, 0.2) is 4.42 Å². The predicted molar refractivity (Wildman–Crippen MR) is 58.3 cm³/mol. The van der Waals surface area contributed by atoms with Gasteiger partial charge in [0.2, 0.25) is 11.8 Å². The van der Waals surface area contributed by atoms with Crippen LogP contribution in [0.1, 0.15) is 32.7 Å². The lowest BCUT2D eigenvalue weighted by Crippen LogP contribution is -2.39. The van der Waals surface area contributed by atoms with Crippen LogP contribution in [0.2, 0.25) is 0 Å². The SMILES string of the molecule is CC(N)c1nnc(NC(C(N)=O)C(C)C)o1. The van der Waals surface area contributed by atoms with E-state index in [0.717, 1.165) is 0 Å². The summed E-state index contributed by atoms with van der Waals surface area (Å²) in [6.45, 7) is 5.46. The number of primary amides is 1. The van der Waals surface area contributed by atoms with Gasteiger partial charge in [-0.25, -0.2) is 0 Å². The maximum absolute atomic E-state index is 11.1.